The molecular weight excluding hydrogens is 182 g/mol. The van der Waals surface area contributed by atoms with Crippen molar-refractivity contribution in [3.05, 3.63) is 0 Å². The maximum absolute atomic E-state index is 9.12. The quantitative estimate of drug-likeness (QED) is 0.207. The van der Waals surface area contributed by atoms with Crippen LogP contribution in [0.4, 0.5) is 0 Å². The average Bonchev–Trinajstić information content (AvgIpc) is 1.84. The molecule has 0 aliphatic heterocycles. The van der Waals surface area contributed by atoms with Gasteiger partial charge in [-0.2, -0.15) is 0 Å². The lowest BCUT2D eigenvalue weighted by Gasteiger charge is -1.72. The number of aliphatic hydroxyl groups is 1. The Morgan fingerprint density at radius 3 is 1.38 bits per heavy atom. The van der Waals surface area contributed by atoms with Gasteiger partial charge in [-0.1, -0.05) is 0 Å². The molecule has 8 nitrogen and oxygen atoms in total. The van der Waals surface area contributed by atoms with E-state index in [0.29, 0.717) is 0 Å². The van der Waals surface area contributed by atoms with E-state index in [-0.39, 0.29) is 5.96 Å². The van der Waals surface area contributed by atoms with Crippen LogP contribution in [0.5, 0.6) is 0 Å². The normalized spacial score (nSPS) is 6.62. The van der Waals surface area contributed by atoms with Gasteiger partial charge in [0, 0.05) is 6.92 Å². The smallest absolute Gasteiger partial charge is 0.329 e. The second kappa shape index (κ2) is 12.8. The minimum absolute atomic E-state index is 0.333. The highest BCUT2D eigenvalue weighted by Crippen LogP contribution is 1.48. The van der Waals surface area contributed by atoms with Crippen molar-refractivity contribution in [3.8, 4) is 0 Å². The van der Waals surface area contributed by atoms with Crippen LogP contribution in [0, 0.1) is 5.41 Å². The number of nitrogens with two attached hydrogens (primary N) is 2. The Balaban J connectivity index is -0.000000117. The van der Waals surface area contributed by atoms with E-state index in [0.717, 1.165) is 6.92 Å². The lowest BCUT2D eigenvalue weighted by molar-refractivity contribution is -0.140. The number of hydrogen-bond donors (Lipinski definition) is 6. The van der Waals surface area contributed by atoms with Crippen molar-refractivity contribution < 1.29 is 24.9 Å². The molecule has 0 spiro atoms. The molecule has 0 aromatic heterocycles. The molecule has 0 aliphatic rings. The van der Waals surface area contributed by atoms with Gasteiger partial charge < -0.3 is 26.8 Å². The number of nitrogens with one attached hydrogen (secondary N) is 1. The summed E-state index contributed by atoms with van der Waals surface area (Å²) < 4.78 is 0. The number of rotatable bonds is 1. The van der Waals surface area contributed by atoms with Crippen LogP contribution in [0.25, 0.3) is 0 Å². The summed E-state index contributed by atoms with van der Waals surface area (Å²) in [7, 11) is 0. The highest BCUT2D eigenvalue weighted by Gasteiger charge is 1.82. The third kappa shape index (κ3) is 23500. The van der Waals surface area contributed by atoms with Crippen LogP contribution < -0.4 is 11.5 Å². The summed E-state index contributed by atoms with van der Waals surface area (Å²) in [6.07, 6.45) is 0. The number of hydrogen-bond acceptors (Lipinski definition) is 4. The summed E-state index contributed by atoms with van der Waals surface area (Å²) in [5.74, 6) is -2.36. The van der Waals surface area contributed by atoms with Gasteiger partial charge in [0.05, 0.1) is 0 Å². The van der Waals surface area contributed by atoms with Crippen molar-refractivity contribution in [1.82, 2.24) is 0 Å². The molecule has 0 amide bonds. The molecule has 0 fully saturated rings. The molecule has 0 aromatic rings. The Morgan fingerprint density at radius 1 is 1.31 bits per heavy atom. The monoisotopic (exact) mass is 195 g/mol. The number of guanidine groups is 1. The van der Waals surface area contributed by atoms with E-state index < -0.39 is 18.5 Å². The van der Waals surface area contributed by atoms with Crippen molar-refractivity contribution >= 4 is 17.9 Å². The Labute approximate surface area is 74.3 Å². The fourth-order valence-electron chi connectivity index (χ4n) is 0. The number of carboxylic acid groups (broad SMARTS) is 2. The molecule has 8 N–H and O–H groups in total. The maximum Gasteiger partial charge on any atom is 0.329 e. The first-order valence-corrected chi connectivity index (χ1v) is 2.85. The number of carbonyl (C=O) groups is 2. The SMILES string of the molecule is CC(=O)O.N=C(N)N.O=C(O)CO. The Morgan fingerprint density at radius 2 is 1.38 bits per heavy atom. The number of aliphatic hydroxyl groups excluding tert-OH is 1. The van der Waals surface area contributed by atoms with Crippen molar-refractivity contribution in [2.75, 3.05) is 6.61 Å². The lowest BCUT2D eigenvalue weighted by atomic mass is 10.8. The zero-order valence-corrected chi connectivity index (χ0v) is 7.02. The minimum atomic E-state index is -1.19. The molecule has 0 aromatic carbocycles. The molecule has 0 heterocycles. The highest BCUT2D eigenvalue weighted by atomic mass is 16.4. The Hall–Kier alpha value is -1.83. The van der Waals surface area contributed by atoms with Gasteiger partial charge in [0.15, 0.2) is 5.96 Å². The van der Waals surface area contributed by atoms with Crippen molar-refractivity contribution in [2.24, 2.45) is 11.5 Å². The predicted octanol–water partition coefficient (Wildman–Crippen LogP) is -2.01. The summed E-state index contributed by atoms with van der Waals surface area (Å²) in [6, 6.07) is 0. The average molecular weight is 195 g/mol. The van der Waals surface area contributed by atoms with E-state index in [1.54, 1.807) is 0 Å². The third-order valence-corrected chi connectivity index (χ3v) is 0.135. The Bertz CT molecular complexity index is 150. The minimum Gasteiger partial charge on any atom is -0.481 e. The van der Waals surface area contributed by atoms with E-state index in [9.17, 15) is 0 Å². The second-order valence-corrected chi connectivity index (χ2v) is 1.53. The van der Waals surface area contributed by atoms with Crippen LogP contribution in [-0.2, 0) is 9.59 Å². The molecule has 0 atom stereocenters. The van der Waals surface area contributed by atoms with E-state index >= 15 is 0 Å². The van der Waals surface area contributed by atoms with Gasteiger partial charge in [-0.25, -0.2) is 4.79 Å². The largest absolute Gasteiger partial charge is 0.481 e. The standard InChI is InChI=1S/C2H4O3.C2H4O2.CH5N3/c3-1-2(4)5;1-2(3)4;2-1(3)4/h3H,1H2,(H,4,5);1H3,(H,3,4);(H5,2,3,4). The molecule has 0 saturated carbocycles. The zero-order chi connectivity index (χ0) is 11.4. The number of aliphatic carboxylic acids is 2. The Kier molecular flexibility index (Phi) is 17.1. The third-order valence-electron chi connectivity index (χ3n) is 0.135. The molecule has 8 heteroatoms. The lowest BCUT2D eigenvalue weighted by Crippen LogP contribution is -2.20. The molecule has 0 bridgehead atoms. The fraction of sp³-hybridized carbons (Fsp3) is 0.400. The van der Waals surface area contributed by atoms with Gasteiger partial charge in [0.2, 0.25) is 0 Å². The van der Waals surface area contributed by atoms with E-state index in [4.69, 9.17) is 30.3 Å². The van der Waals surface area contributed by atoms with Crippen LogP contribution in [0.3, 0.4) is 0 Å². The molecule has 13 heavy (non-hydrogen) atoms. The molecule has 0 radical (unpaired) electrons. The van der Waals surface area contributed by atoms with Crippen LogP contribution >= 0.6 is 0 Å². The highest BCUT2D eigenvalue weighted by molar-refractivity contribution is 5.71. The van der Waals surface area contributed by atoms with Crippen molar-refractivity contribution in [3.63, 3.8) is 0 Å². The van der Waals surface area contributed by atoms with E-state index in [1.807, 2.05) is 0 Å². The topological polar surface area (TPSA) is 171 Å². The summed E-state index contributed by atoms with van der Waals surface area (Å²) in [4.78, 5) is 18.1. The van der Waals surface area contributed by atoms with Gasteiger partial charge in [0.1, 0.15) is 6.61 Å². The van der Waals surface area contributed by atoms with Crippen molar-refractivity contribution in [2.45, 2.75) is 6.92 Å². The van der Waals surface area contributed by atoms with E-state index in [1.165, 1.54) is 0 Å². The second-order valence-electron chi connectivity index (χ2n) is 1.53. The van der Waals surface area contributed by atoms with Crippen LogP contribution in [-0.4, -0.2) is 39.8 Å². The molecule has 0 rings (SSSR count). The van der Waals surface area contributed by atoms with Crippen LogP contribution in [0.1, 0.15) is 6.92 Å². The summed E-state index contributed by atoms with van der Waals surface area (Å²) in [5, 5.41) is 28.5. The number of carboxylic acids is 2. The summed E-state index contributed by atoms with van der Waals surface area (Å²) in [6.45, 7) is 0.306. The molecule has 0 saturated heterocycles. The van der Waals surface area contributed by atoms with Gasteiger partial charge in [-0.05, 0) is 0 Å². The van der Waals surface area contributed by atoms with Gasteiger partial charge >= 0.3 is 5.97 Å². The first-order chi connectivity index (χ1) is 5.73. The van der Waals surface area contributed by atoms with Gasteiger partial charge in [0.25, 0.3) is 5.97 Å². The summed E-state index contributed by atoms with van der Waals surface area (Å²) >= 11 is 0. The molecular formula is C5H13N3O5. The molecule has 0 aliphatic carbocycles. The first-order valence-electron chi connectivity index (χ1n) is 2.85. The molecule has 78 valence electrons. The van der Waals surface area contributed by atoms with E-state index in [2.05, 4.69) is 11.5 Å². The summed E-state index contributed by atoms with van der Waals surface area (Å²) in [5.41, 5.74) is 8.94. The zero-order valence-electron chi connectivity index (χ0n) is 7.02. The predicted molar refractivity (Wildman–Crippen MR) is 44.1 cm³/mol. The van der Waals surface area contributed by atoms with Gasteiger partial charge in [-0.15, -0.1) is 0 Å². The van der Waals surface area contributed by atoms with Crippen LogP contribution in [0.15, 0.2) is 0 Å². The fourth-order valence-corrected chi connectivity index (χ4v) is 0. The van der Waals surface area contributed by atoms with Crippen LogP contribution in [0.2, 0.25) is 0 Å². The maximum atomic E-state index is 9.12. The van der Waals surface area contributed by atoms with Gasteiger partial charge in [-0.3, -0.25) is 10.2 Å². The first kappa shape index (κ1) is 17.3. The van der Waals surface area contributed by atoms with Crippen molar-refractivity contribution in [1.29, 1.82) is 5.41 Å². The molecule has 0 unspecified atom stereocenters.